The lowest BCUT2D eigenvalue weighted by molar-refractivity contribution is 0.0205. The molecule has 1 aromatic carbocycles. The molecule has 3 aromatic heterocycles. The number of hydrogen-bond donors (Lipinski definition) is 0. The number of nitrogens with zero attached hydrogens (tertiary/aromatic N) is 5. The molecule has 0 aliphatic carbocycles. The summed E-state index contributed by atoms with van der Waals surface area (Å²) >= 11 is 5.87. The van der Waals surface area contributed by atoms with Crippen molar-refractivity contribution in [3.8, 4) is 11.3 Å². The van der Waals surface area contributed by atoms with Crippen LogP contribution in [0.1, 0.15) is 81.5 Å². The van der Waals surface area contributed by atoms with Gasteiger partial charge in [-0.3, -0.25) is 0 Å². The SMILES string of the molecule is Cc1c(-c2c(C(C)C)c3cc(C4CCN(C(=O)OC(C)(C)C)CC4)ccc3n2C(=O)OCCl)cn2ncnc2c1C. The largest absolute Gasteiger partial charge is 0.444 e. The molecule has 1 fully saturated rings. The fourth-order valence-corrected chi connectivity index (χ4v) is 5.99. The number of pyridine rings is 1. The lowest BCUT2D eigenvalue weighted by Crippen LogP contribution is -2.41. The van der Waals surface area contributed by atoms with Gasteiger partial charge in [0.2, 0.25) is 0 Å². The minimum Gasteiger partial charge on any atom is -0.444 e. The van der Waals surface area contributed by atoms with Crippen LogP contribution in [0.15, 0.2) is 30.7 Å². The first-order valence-corrected chi connectivity index (χ1v) is 14.6. The highest BCUT2D eigenvalue weighted by Crippen LogP contribution is 2.42. The van der Waals surface area contributed by atoms with Crippen LogP contribution in [0.2, 0.25) is 0 Å². The Kier molecular flexibility index (Phi) is 7.76. The van der Waals surface area contributed by atoms with Crippen molar-refractivity contribution in [1.29, 1.82) is 0 Å². The molecule has 0 bridgehead atoms. The molecule has 1 saturated heterocycles. The lowest BCUT2D eigenvalue weighted by atomic mass is 9.87. The molecule has 5 rings (SSSR count). The van der Waals surface area contributed by atoms with Crippen molar-refractivity contribution in [3.63, 3.8) is 0 Å². The van der Waals surface area contributed by atoms with Crippen LogP contribution < -0.4 is 0 Å². The number of likely N-dealkylation sites (tertiary alicyclic amines) is 1. The summed E-state index contributed by atoms with van der Waals surface area (Å²) in [6.45, 7) is 15.3. The Balaban J connectivity index is 1.61. The van der Waals surface area contributed by atoms with Crippen molar-refractivity contribution < 1.29 is 19.1 Å². The summed E-state index contributed by atoms with van der Waals surface area (Å²) in [7, 11) is 0. The molecule has 4 heterocycles. The van der Waals surface area contributed by atoms with Gasteiger partial charge >= 0.3 is 12.2 Å². The number of carbonyl (C=O) groups excluding carboxylic acids is 2. The molecular weight excluding hydrogens is 542 g/mol. The first-order valence-electron chi connectivity index (χ1n) is 14.1. The van der Waals surface area contributed by atoms with Crippen LogP contribution in [-0.2, 0) is 9.47 Å². The summed E-state index contributed by atoms with van der Waals surface area (Å²) in [6, 6.07) is 6.06. The van der Waals surface area contributed by atoms with E-state index in [1.165, 1.54) is 11.9 Å². The highest BCUT2D eigenvalue weighted by molar-refractivity contribution is 6.17. The highest BCUT2D eigenvalue weighted by Gasteiger charge is 2.30. The second-order valence-electron chi connectivity index (χ2n) is 12.1. The number of fused-ring (bicyclic) bond motifs is 2. The van der Waals surface area contributed by atoms with E-state index in [0.717, 1.165) is 57.3 Å². The topological polar surface area (TPSA) is 91.0 Å². The Morgan fingerprint density at radius 3 is 2.44 bits per heavy atom. The zero-order valence-corrected chi connectivity index (χ0v) is 25.6. The van der Waals surface area contributed by atoms with Crippen molar-refractivity contribution >= 4 is 40.3 Å². The molecule has 1 aliphatic rings. The first-order chi connectivity index (χ1) is 19.4. The quantitative estimate of drug-likeness (QED) is 0.234. The molecule has 0 atom stereocenters. The molecule has 0 N–H and O–H groups in total. The molecule has 1 amide bonds. The normalized spacial score (nSPS) is 14.8. The third-order valence-corrected chi connectivity index (χ3v) is 8.08. The van der Waals surface area contributed by atoms with Crippen LogP contribution in [0.4, 0.5) is 9.59 Å². The molecule has 41 heavy (non-hydrogen) atoms. The second kappa shape index (κ2) is 11.0. The number of carbonyl (C=O) groups is 2. The Bertz CT molecular complexity index is 1620. The summed E-state index contributed by atoms with van der Waals surface area (Å²) in [6.07, 6.45) is 4.36. The van der Waals surface area contributed by atoms with E-state index in [1.54, 1.807) is 14.0 Å². The van der Waals surface area contributed by atoms with Crippen LogP contribution >= 0.6 is 11.6 Å². The number of halogens is 1. The maximum absolute atomic E-state index is 13.5. The summed E-state index contributed by atoms with van der Waals surface area (Å²) in [5.74, 6) is 0.392. The summed E-state index contributed by atoms with van der Waals surface area (Å²) in [5, 5.41) is 5.39. The lowest BCUT2D eigenvalue weighted by Gasteiger charge is -2.33. The van der Waals surface area contributed by atoms with Gasteiger partial charge in [0.1, 0.15) is 11.9 Å². The summed E-state index contributed by atoms with van der Waals surface area (Å²) in [4.78, 5) is 32.2. The maximum atomic E-state index is 13.5. The van der Waals surface area contributed by atoms with Gasteiger partial charge in [0.05, 0.1) is 11.2 Å². The van der Waals surface area contributed by atoms with Gasteiger partial charge in [0.15, 0.2) is 11.7 Å². The molecule has 9 nitrogen and oxygen atoms in total. The zero-order chi connectivity index (χ0) is 29.6. The number of piperidine rings is 1. The minimum atomic E-state index is -0.527. The molecule has 0 radical (unpaired) electrons. The zero-order valence-electron chi connectivity index (χ0n) is 24.8. The number of rotatable bonds is 4. The Morgan fingerprint density at radius 1 is 1.10 bits per heavy atom. The van der Waals surface area contributed by atoms with Crippen molar-refractivity contribution in [3.05, 3.63) is 53.0 Å². The summed E-state index contributed by atoms with van der Waals surface area (Å²) in [5.41, 5.74) is 6.96. The predicted octanol–water partition coefficient (Wildman–Crippen LogP) is 7.39. The van der Waals surface area contributed by atoms with E-state index in [4.69, 9.17) is 21.1 Å². The van der Waals surface area contributed by atoms with Crippen molar-refractivity contribution in [2.75, 3.05) is 19.2 Å². The van der Waals surface area contributed by atoms with Crippen molar-refractivity contribution in [2.24, 2.45) is 0 Å². The van der Waals surface area contributed by atoms with Gasteiger partial charge in [-0.25, -0.2) is 23.7 Å². The monoisotopic (exact) mass is 579 g/mol. The van der Waals surface area contributed by atoms with E-state index >= 15 is 0 Å². The van der Waals surface area contributed by atoms with Crippen LogP contribution in [0.5, 0.6) is 0 Å². The van der Waals surface area contributed by atoms with Gasteiger partial charge in [0, 0.05) is 30.2 Å². The van der Waals surface area contributed by atoms with Gasteiger partial charge in [-0.05, 0) is 93.7 Å². The number of alkyl halides is 1. The van der Waals surface area contributed by atoms with Gasteiger partial charge in [-0.2, -0.15) is 5.10 Å². The number of ether oxygens (including phenoxy) is 2. The van der Waals surface area contributed by atoms with Crippen LogP contribution in [0, 0.1) is 13.8 Å². The molecule has 10 heteroatoms. The Labute approximate surface area is 245 Å². The maximum Gasteiger partial charge on any atom is 0.420 e. The van der Waals surface area contributed by atoms with E-state index in [1.807, 2.05) is 46.9 Å². The molecule has 0 unspecified atom stereocenters. The number of benzene rings is 1. The molecule has 1 aliphatic heterocycles. The van der Waals surface area contributed by atoms with Gasteiger partial charge < -0.3 is 14.4 Å². The third-order valence-electron chi connectivity index (χ3n) is 7.97. The van der Waals surface area contributed by atoms with Crippen molar-refractivity contribution in [2.45, 2.75) is 78.7 Å². The van der Waals surface area contributed by atoms with Gasteiger partial charge in [-0.1, -0.05) is 31.5 Å². The Hall–Kier alpha value is -3.59. The smallest absolute Gasteiger partial charge is 0.420 e. The number of aryl methyl sites for hydroxylation is 1. The highest BCUT2D eigenvalue weighted by atomic mass is 35.5. The molecule has 218 valence electrons. The summed E-state index contributed by atoms with van der Waals surface area (Å²) < 4.78 is 14.3. The predicted molar refractivity (Wildman–Crippen MR) is 160 cm³/mol. The average Bonchev–Trinajstić information content (AvgIpc) is 3.52. The van der Waals surface area contributed by atoms with E-state index in [0.29, 0.717) is 13.1 Å². The Morgan fingerprint density at radius 2 is 1.80 bits per heavy atom. The van der Waals surface area contributed by atoms with Crippen LogP contribution in [0.25, 0.3) is 27.8 Å². The first kappa shape index (κ1) is 28.9. The van der Waals surface area contributed by atoms with E-state index in [9.17, 15) is 9.59 Å². The molecule has 4 aromatic rings. The molecule has 0 saturated carbocycles. The number of aromatic nitrogens is 4. The number of amides is 1. The van der Waals surface area contributed by atoms with E-state index in [-0.39, 0.29) is 24.0 Å². The fraction of sp³-hybridized carbons (Fsp3) is 0.484. The number of hydrogen-bond acceptors (Lipinski definition) is 6. The standard InChI is InChI=1S/C31H38ClN5O4/c1-18(2)26-23-14-22(21-10-12-35(13-11-21)29(38)41-31(5,6)7)8-9-25(23)37(30(39)40-16-32)27(26)24-15-36-28(33-17-34-36)20(4)19(24)3/h8-9,14-15,17-18,21H,10-13,16H2,1-7H3. The van der Waals surface area contributed by atoms with E-state index in [2.05, 4.69) is 36.1 Å². The van der Waals surface area contributed by atoms with Crippen LogP contribution in [0.3, 0.4) is 0 Å². The van der Waals surface area contributed by atoms with E-state index < -0.39 is 11.7 Å². The molecule has 0 spiro atoms. The minimum absolute atomic E-state index is 0.105. The molecular formula is C31H38ClN5O4. The van der Waals surface area contributed by atoms with Crippen LogP contribution in [-0.4, -0.2) is 61.0 Å². The second-order valence-corrected chi connectivity index (χ2v) is 12.3. The average molecular weight is 580 g/mol. The fourth-order valence-electron chi connectivity index (χ4n) is 5.90. The van der Waals surface area contributed by atoms with Gasteiger partial charge in [-0.15, -0.1) is 0 Å². The van der Waals surface area contributed by atoms with Gasteiger partial charge in [0.25, 0.3) is 0 Å². The third kappa shape index (κ3) is 5.39. The van der Waals surface area contributed by atoms with Crippen molar-refractivity contribution in [1.82, 2.24) is 24.1 Å².